The Balaban J connectivity index is 3.17. The molecule has 2 nitrogen and oxygen atoms in total. The smallest absolute Gasteiger partial charge is 0.305 e. The first-order valence-electron chi connectivity index (χ1n) is 24.0. The second kappa shape index (κ2) is 45.4. The van der Waals surface area contributed by atoms with E-state index in [1.54, 1.807) is 0 Å². The second-order valence-electron chi connectivity index (χ2n) is 16.9. The minimum absolute atomic E-state index is 0.0277. The second-order valence-corrected chi connectivity index (χ2v) is 16.9. The molecule has 0 aromatic rings. The van der Waals surface area contributed by atoms with Gasteiger partial charge in [0.2, 0.25) is 0 Å². The zero-order valence-electron chi connectivity index (χ0n) is 35.7. The molecule has 304 valence electrons. The SMILES string of the molecule is CCCCCCCCC=CCCCCCCCCCCCC(=O)OCCCCCCCCCCCCCCCCCCCCCCCCC(C)C. The topological polar surface area (TPSA) is 26.3 Å². The van der Waals surface area contributed by atoms with Gasteiger partial charge >= 0.3 is 5.97 Å². The van der Waals surface area contributed by atoms with Crippen LogP contribution in [0, 0.1) is 5.92 Å². The minimum Gasteiger partial charge on any atom is -0.466 e. The Kier molecular flexibility index (Phi) is 44.7. The number of unbranched alkanes of at least 4 members (excludes halogenated alkanes) is 36. The summed E-state index contributed by atoms with van der Waals surface area (Å²) < 4.78 is 5.49. The number of hydrogen-bond acceptors (Lipinski definition) is 2. The predicted octanol–water partition coefficient (Wildman–Crippen LogP) is 17.8. The van der Waals surface area contributed by atoms with Crippen molar-refractivity contribution in [1.82, 2.24) is 0 Å². The fourth-order valence-corrected chi connectivity index (χ4v) is 7.50. The molecule has 0 aliphatic carbocycles. The molecule has 0 rings (SSSR count). The van der Waals surface area contributed by atoms with Crippen LogP contribution in [-0.4, -0.2) is 12.6 Å². The molecule has 0 amide bonds. The molecule has 0 aromatic carbocycles. The lowest BCUT2D eigenvalue weighted by Gasteiger charge is -2.06. The Hall–Kier alpha value is -0.790. The van der Waals surface area contributed by atoms with E-state index in [0.717, 1.165) is 18.8 Å². The Morgan fingerprint density at radius 2 is 0.686 bits per heavy atom. The summed E-state index contributed by atoms with van der Waals surface area (Å²) in [7, 11) is 0. The van der Waals surface area contributed by atoms with Crippen LogP contribution in [0.2, 0.25) is 0 Å². The van der Waals surface area contributed by atoms with E-state index >= 15 is 0 Å². The lowest BCUT2D eigenvalue weighted by atomic mass is 10.0. The van der Waals surface area contributed by atoms with Crippen LogP contribution < -0.4 is 0 Å². The zero-order valence-corrected chi connectivity index (χ0v) is 35.7. The number of carbonyl (C=O) groups is 1. The predicted molar refractivity (Wildman–Crippen MR) is 230 cm³/mol. The van der Waals surface area contributed by atoms with E-state index in [2.05, 4.69) is 32.9 Å². The Labute approximate surface area is 323 Å². The lowest BCUT2D eigenvalue weighted by Crippen LogP contribution is -2.05. The van der Waals surface area contributed by atoms with E-state index < -0.39 is 0 Å². The van der Waals surface area contributed by atoms with Crippen LogP contribution >= 0.6 is 0 Å². The van der Waals surface area contributed by atoms with Crippen molar-refractivity contribution < 1.29 is 9.53 Å². The molecule has 0 aromatic heterocycles. The maximum Gasteiger partial charge on any atom is 0.305 e. The van der Waals surface area contributed by atoms with Gasteiger partial charge in [-0.3, -0.25) is 4.79 Å². The normalized spacial score (nSPS) is 11.8. The molecule has 0 saturated heterocycles. The van der Waals surface area contributed by atoms with E-state index in [4.69, 9.17) is 4.74 Å². The highest BCUT2D eigenvalue weighted by molar-refractivity contribution is 5.69. The summed E-state index contributed by atoms with van der Waals surface area (Å²) in [5, 5.41) is 0. The summed E-state index contributed by atoms with van der Waals surface area (Å²) in [4.78, 5) is 12.0. The molecule has 0 saturated carbocycles. The quantitative estimate of drug-likeness (QED) is 0.0356. The maximum absolute atomic E-state index is 12.0. The van der Waals surface area contributed by atoms with E-state index in [1.165, 1.54) is 244 Å². The van der Waals surface area contributed by atoms with Crippen molar-refractivity contribution in [3.05, 3.63) is 12.2 Å². The van der Waals surface area contributed by atoms with Crippen molar-refractivity contribution in [2.45, 2.75) is 284 Å². The average molecular weight is 717 g/mol. The molecule has 51 heavy (non-hydrogen) atoms. The fraction of sp³-hybridized carbons (Fsp3) is 0.939. The van der Waals surface area contributed by atoms with Crippen molar-refractivity contribution in [2.75, 3.05) is 6.61 Å². The van der Waals surface area contributed by atoms with Gasteiger partial charge in [-0.2, -0.15) is 0 Å². The number of carbonyl (C=O) groups excluding carboxylic acids is 1. The van der Waals surface area contributed by atoms with Crippen molar-refractivity contribution in [2.24, 2.45) is 5.92 Å². The number of hydrogen-bond donors (Lipinski definition) is 0. The van der Waals surface area contributed by atoms with Crippen LogP contribution in [-0.2, 0) is 9.53 Å². The first-order valence-corrected chi connectivity index (χ1v) is 24.0. The third-order valence-corrected chi connectivity index (χ3v) is 11.1. The van der Waals surface area contributed by atoms with Crippen LogP contribution in [0.25, 0.3) is 0 Å². The Morgan fingerprint density at radius 1 is 0.392 bits per heavy atom. The molecule has 0 N–H and O–H groups in total. The zero-order chi connectivity index (χ0) is 37.0. The number of ether oxygens (including phenoxy) is 1. The highest BCUT2D eigenvalue weighted by Crippen LogP contribution is 2.17. The van der Waals surface area contributed by atoms with E-state index in [-0.39, 0.29) is 5.97 Å². The summed E-state index contributed by atoms with van der Waals surface area (Å²) in [5.41, 5.74) is 0. The van der Waals surface area contributed by atoms with Crippen molar-refractivity contribution in [1.29, 1.82) is 0 Å². The summed E-state index contributed by atoms with van der Waals surface area (Å²) >= 11 is 0. The van der Waals surface area contributed by atoms with Crippen molar-refractivity contribution in [3.63, 3.8) is 0 Å². The fourth-order valence-electron chi connectivity index (χ4n) is 7.50. The van der Waals surface area contributed by atoms with Crippen LogP contribution in [0.15, 0.2) is 12.2 Å². The first kappa shape index (κ1) is 50.2. The average Bonchev–Trinajstić information content (AvgIpc) is 3.12. The molecular weight excluding hydrogens is 621 g/mol. The molecule has 0 radical (unpaired) electrons. The third kappa shape index (κ3) is 47.2. The number of allylic oxidation sites excluding steroid dienone is 2. The van der Waals surface area contributed by atoms with Gasteiger partial charge in [-0.1, -0.05) is 251 Å². The van der Waals surface area contributed by atoms with E-state index in [9.17, 15) is 4.79 Å². The van der Waals surface area contributed by atoms with Crippen LogP contribution in [0.1, 0.15) is 284 Å². The summed E-state index contributed by atoms with van der Waals surface area (Å²) in [6.07, 6.45) is 60.5. The largest absolute Gasteiger partial charge is 0.466 e. The Morgan fingerprint density at radius 3 is 1.04 bits per heavy atom. The van der Waals surface area contributed by atoms with Gasteiger partial charge in [0, 0.05) is 6.42 Å². The Bertz CT molecular complexity index is 667. The summed E-state index contributed by atoms with van der Waals surface area (Å²) in [5.74, 6) is 0.912. The van der Waals surface area contributed by atoms with Gasteiger partial charge in [-0.25, -0.2) is 0 Å². The van der Waals surface area contributed by atoms with Gasteiger partial charge in [-0.15, -0.1) is 0 Å². The standard InChI is InChI=1S/C49H96O2/c1-4-5-6-7-8-9-10-11-12-13-18-22-25-28-31-34-37-40-43-46-49(50)51-47-44-41-38-35-32-29-26-23-20-17-15-14-16-19-21-24-27-30-33-36-39-42-45-48(2)3/h11-12,48H,4-10,13-47H2,1-3H3. The highest BCUT2D eigenvalue weighted by atomic mass is 16.5. The van der Waals surface area contributed by atoms with Gasteiger partial charge in [0.05, 0.1) is 6.61 Å². The van der Waals surface area contributed by atoms with E-state index in [1.807, 2.05) is 0 Å². The van der Waals surface area contributed by atoms with Gasteiger partial charge in [0.15, 0.2) is 0 Å². The van der Waals surface area contributed by atoms with Gasteiger partial charge in [0.25, 0.3) is 0 Å². The molecule has 0 heterocycles. The van der Waals surface area contributed by atoms with Crippen molar-refractivity contribution in [3.8, 4) is 0 Å². The van der Waals surface area contributed by atoms with Crippen LogP contribution in [0.5, 0.6) is 0 Å². The molecule has 0 spiro atoms. The van der Waals surface area contributed by atoms with Gasteiger partial charge in [0.1, 0.15) is 0 Å². The lowest BCUT2D eigenvalue weighted by molar-refractivity contribution is -0.143. The molecule has 0 fully saturated rings. The third-order valence-electron chi connectivity index (χ3n) is 11.1. The monoisotopic (exact) mass is 717 g/mol. The molecular formula is C49H96O2. The molecule has 0 aliphatic heterocycles. The van der Waals surface area contributed by atoms with E-state index in [0.29, 0.717) is 13.0 Å². The highest BCUT2D eigenvalue weighted by Gasteiger charge is 2.03. The first-order chi connectivity index (χ1) is 25.2. The maximum atomic E-state index is 12.0. The summed E-state index contributed by atoms with van der Waals surface area (Å²) in [6.45, 7) is 7.61. The molecule has 0 aliphatic rings. The molecule has 2 heteroatoms. The van der Waals surface area contributed by atoms with Crippen LogP contribution in [0.3, 0.4) is 0 Å². The summed E-state index contributed by atoms with van der Waals surface area (Å²) in [6, 6.07) is 0. The molecule has 0 bridgehead atoms. The van der Waals surface area contributed by atoms with Gasteiger partial charge in [-0.05, 0) is 44.4 Å². The van der Waals surface area contributed by atoms with Gasteiger partial charge < -0.3 is 4.74 Å². The van der Waals surface area contributed by atoms with Crippen molar-refractivity contribution >= 4 is 5.97 Å². The molecule has 0 unspecified atom stereocenters. The van der Waals surface area contributed by atoms with Crippen LogP contribution in [0.4, 0.5) is 0 Å². The number of rotatable bonds is 44. The number of esters is 1. The molecule has 0 atom stereocenters. The minimum atomic E-state index is 0.0277.